The van der Waals surface area contributed by atoms with E-state index in [4.69, 9.17) is 17.5 Å². The third-order valence-corrected chi connectivity index (χ3v) is 12.4. The predicted octanol–water partition coefficient (Wildman–Crippen LogP) is 12.6. The lowest BCUT2D eigenvalue weighted by Crippen LogP contribution is -2.39. The van der Waals surface area contributed by atoms with E-state index in [9.17, 15) is 0 Å². The van der Waals surface area contributed by atoms with Gasteiger partial charge in [-0.2, -0.15) is 0 Å². The van der Waals surface area contributed by atoms with Gasteiger partial charge in [0, 0.05) is 53.0 Å². The molecule has 0 saturated carbocycles. The summed E-state index contributed by atoms with van der Waals surface area (Å²) in [5.41, 5.74) is 13.9. The number of nitrogens with zero attached hydrogens (tertiary/aromatic N) is 4. The molecule has 5 heteroatoms. The van der Waals surface area contributed by atoms with Crippen molar-refractivity contribution in [1.82, 2.24) is 14.1 Å². The highest BCUT2D eigenvalue weighted by molar-refractivity contribution is 6.12. The van der Waals surface area contributed by atoms with Gasteiger partial charge in [0.1, 0.15) is 5.65 Å². The van der Waals surface area contributed by atoms with Gasteiger partial charge in [-0.25, -0.2) is 9.98 Å². The molecule has 1 aliphatic carbocycles. The average molecular weight is 737 g/mol. The molecule has 280 valence electrons. The Balaban J connectivity index is 1.18. The molecule has 5 aromatic carbocycles. The van der Waals surface area contributed by atoms with Crippen molar-refractivity contribution in [2.24, 2.45) is 4.99 Å². The van der Waals surface area contributed by atoms with Crippen molar-refractivity contribution in [3.05, 3.63) is 148 Å². The van der Waals surface area contributed by atoms with Gasteiger partial charge in [0.15, 0.2) is 5.60 Å². The van der Waals surface area contributed by atoms with Crippen LogP contribution in [0, 0.1) is 20.8 Å². The molecule has 2 aliphatic rings. The largest absolute Gasteiger partial charge is 0.464 e. The van der Waals surface area contributed by atoms with Crippen LogP contribution < -0.4 is 0 Å². The SMILES string of the molecule is [2H]C1([2H])C[C@H]2N=C(c3cc(C(C)C)cc(-n4c5ccc(C)cc5c5ccc(-n6c7ccc(C(C)(C)C)cc7c7cccnc76)cc54)c3)O[C@@]2(C)c2cc(C)cc(C)c21. The summed E-state index contributed by atoms with van der Waals surface area (Å²) in [6.45, 7) is 19.6. The minimum absolute atomic E-state index is 0.0212. The van der Waals surface area contributed by atoms with Crippen LogP contribution in [0.1, 0.15) is 101 Å². The smallest absolute Gasteiger partial charge is 0.217 e. The lowest BCUT2D eigenvalue weighted by atomic mass is 9.75. The van der Waals surface area contributed by atoms with Crippen LogP contribution in [-0.2, 0) is 22.1 Å². The third kappa shape index (κ3) is 5.19. The molecular formula is C51H50N4O. The predicted molar refractivity (Wildman–Crippen MR) is 233 cm³/mol. The van der Waals surface area contributed by atoms with Crippen molar-refractivity contribution in [2.45, 2.75) is 98.1 Å². The van der Waals surface area contributed by atoms with E-state index < -0.39 is 12.0 Å². The van der Waals surface area contributed by atoms with Gasteiger partial charge in [-0.1, -0.05) is 76.1 Å². The maximum absolute atomic E-state index is 9.14. The second-order valence-corrected chi connectivity index (χ2v) is 17.8. The van der Waals surface area contributed by atoms with Crippen molar-refractivity contribution >= 4 is 49.6 Å². The lowest BCUT2D eigenvalue weighted by Gasteiger charge is -2.37. The van der Waals surface area contributed by atoms with Crippen molar-refractivity contribution in [3.8, 4) is 11.4 Å². The normalized spacial score (nSPS) is 19.7. The van der Waals surface area contributed by atoms with E-state index in [1.54, 1.807) is 0 Å². The van der Waals surface area contributed by atoms with E-state index in [-0.39, 0.29) is 23.8 Å². The van der Waals surface area contributed by atoms with Gasteiger partial charge >= 0.3 is 0 Å². The van der Waals surface area contributed by atoms with Crippen molar-refractivity contribution in [3.63, 3.8) is 0 Å². The fraction of sp³-hybridized carbons (Fsp3) is 0.294. The van der Waals surface area contributed by atoms with Crippen LogP contribution in [0.5, 0.6) is 0 Å². The van der Waals surface area contributed by atoms with E-state index in [2.05, 4.69) is 156 Å². The van der Waals surface area contributed by atoms with Crippen LogP contribution in [0.2, 0.25) is 0 Å². The molecule has 56 heavy (non-hydrogen) atoms. The van der Waals surface area contributed by atoms with E-state index in [0.717, 1.165) is 66.8 Å². The summed E-state index contributed by atoms with van der Waals surface area (Å²) in [5.74, 6) is 0.814. The summed E-state index contributed by atoms with van der Waals surface area (Å²) in [4.78, 5) is 10.2. The molecule has 0 bridgehead atoms. The number of aromatic nitrogens is 3. The Bertz CT molecular complexity index is 3070. The fourth-order valence-electron chi connectivity index (χ4n) is 9.30. The molecule has 4 heterocycles. The van der Waals surface area contributed by atoms with E-state index in [0.29, 0.717) is 5.90 Å². The Labute approximate surface area is 332 Å². The van der Waals surface area contributed by atoms with Crippen LogP contribution in [0.15, 0.2) is 108 Å². The Morgan fingerprint density at radius 2 is 1.55 bits per heavy atom. The number of pyridine rings is 1. The third-order valence-electron chi connectivity index (χ3n) is 12.4. The highest BCUT2D eigenvalue weighted by Gasteiger charge is 2.48. The molecule has 0 spiro atoms. The summed E-state index contributed by atoms with van der Waals surface area (Å²) >= 11 is 0. The summed E-state index contributed by atoms with van der Waals surface area (Å²) in [5, 5.41) is 4.72. The summed E-state index contributed by atoms with van der Waals surface area (Å²) in [6, 6.07) is 35.2. The fourth-order valence-corrected chi connectivity index (χ4v) is 9.30. The first-order chi connectivity index (χ1) is 27.5. The zero-order valence-corrected chi connectivity index (χ0v) is 33.9. The van der Waals surface area contributed by atoms with Gasteiger partial charge in [0.25, 0.3) is 0 Å². The first-order valence-electron chi connectivity index (χ1n) is 21.0. The van der Waals surface area contributed by atoms with Crippen LogP contribution in [0.25, 0.3) is 55.1 Å². The first-order valence-corrected chi connectivity index (χ1v) is 20.0. The number of hydrogen-bond acceptors (Lipinski definition) is 3. The molecule has 0 amide bonds. The quantitative estimate of drug-likeness (QED) is 0.181. The van der Waals surface area contributed by atoms with Crippen LogP contribution in [0.3, 0.4) is 0 Å². The number of rotatable bonds is 4. The van der Waals surface area contributed by atoms with Crippen molar-refractivity contribution in [2.75, 3.05) is 0 Å². The van der Waals surface area contributed by atoms with Crippen molar-refractivity contribution in [1.29, 1.82) is 0 Å². The van der Waals surface area contributed by atoms with Gasteiger partial charge in [0.2, 0.25) is 5.90 Å². The maximum Gasteiger partial charge on any atom is 0.217 e. The monoisotopic (exact) mass is 736 g/mol. The molecule has 10 rings (SSSR count). The Kier molecular flexibility index (Phi) is 7.07. The van der Waals surface area contributed by atoms with E-state index in [1.807, 2.05) is 19.2 Å². The van der Waals surface area contributed by atoms with Gasteiger partial charge in [-0.15, -0.1) is 0 Å². The molecule has 1 aliphatic heterocycles. The zero-order valence-electron chi connectivity index (χ0n) is 35.9. The highest BCUT2D eigenvalue weighted by Crippen LogP contribution is 2.46. The van der Waals surface area contributed by atoms with E-state index in [1.165, 1.54) is 32.8 Å². The van der Waals surface area contributed by atoms with Crippen molar-refractivity contribution < 1.29 is 7.48 Å². The second-order valence-electron chi connectivity index (χ2n) is 17.8. The molecule has 8 aromatic rings. The standard InChI is InChI=1S/C51H50N4O/c1-29(2)33-24-34(49-53-47-19-16-38-32(5)21-31(4)23-43(38)51(47,9)56-49)26-37(25-33)54-44-17-12-30(3)22-41(44)39-15-14-36(28-46(39)54)55-45-18-13-35(50(6,7)8)27-42(45)40-11-10-20-52-48(40)55/h10-15,17-18,20-29,47H,16,19H2,1-9H3/t47-,51+/m1/s1/i16D2. The first kappa shape index (κ1) is 32.6. The van der Waals surface area contributed by atoms with Crippen LogP contribution >= 0.6 is 0 Å². The summed E-state index contributed by atoms with van der Waals surface area (Å²) < 4.78 is 30.0. The molecule has 0 saturated heterocycles. The average Bonchev–Trinajstić information content (AvgIpc) is 3.80. The van der Waals surface area contributed by atoms with Crippen LogP contribution in [-0.4, -0.2) is 26.1 Å². The Morgan fingerprint density at radius 3 is 2.36 bits per heavy atom. The molecule has 0 N–H and O–H groups in total. The van der Waals surface area contributed by atoms with Gasteiger partial charge in [-0.3, -0.25) is 4.57 Å². The number of aryl methyl sites for hydroxylation is 3. The zero-order chi connectivity index (χ0) is 40.6. The number of benzene rings is 5. The maximum atomic E-state index is 9.14. The number of hydrogen-bond donors (Lipinski definition) is 0. The van der Waals surface area contributed by atoms with E-state index >= 15 is 0 Å². The molecule has 2 atom stereocenters. The molecule has 5 nitrogen and oxygen atoms in total. The molecular weight excluding hydrogens is 685 g/mol. The number of ether oxygens (including phenoxy) is 1. The minimum Gasteiger partial charge on any atom is -0.464 e. The molecule has 0 unspecified atom stereocenters. The van der Waals surface area contributed by atoms with Gasteiger partial charge in [-0.05, 0) is 141 Å². The van der Waals surface area contributed by atoms with Gasteiger partial charge < -0.3 is 9.30 Å². The van der Waals surface area contributed by atoms with Gasteiger partial charge in [0.05, 0.1) is 22.6 Å². The molecule has 0 fully saturated rings. The highest BCUT2D eigenvalue weighted by atomic mass is 16.5. The Hall–Kier alpha value is -5.68. The van der Waals surface area contributed by atoms with Crippen LogP contribution in [0.4, 0.5) is 0 Å². The summed E-state index contributed by atoms with van der Waals surface area (Å²) in [6.07, 6.45) is 0.647. The lowest BCUT2D eigenvalue weighted by molar-refractivity contribution is 0.0634. The minimum atomic E-state index is -1.51. The number of fused-ring (bicyclic) bond motifs is 9. The molecule has 0 radical (unpaired) electrons. The topological polar surface area (TPSA) is 44.3 Å². The summed E-state index contributed by atoms with van der Waals surface area (Å²) in [7, 11) is 0. The second kappa shape index (κ2) is 12.2. The molecule has 3 aromatic heterocycles. The Morgan fingerprint density at radius 1 is 0.768 bits per heavy atom. The number of aliphatic imine (C=N–C) groups is 1.